The van der Waals surface area contributed by atoms with Crippen LogP contribution in [0, 0.1) is 0 Å². The van der Waals surface area contributed by atoms with Crippen LogP contribution in [0.15, 0.2) is 11.8 Å². The van der Waals surface area contributed by atoms with Crippen molar-refractivity contribution in [2.24, 2.45) is 0 Å². The van der Waals surface area contributed by atoms with Gasteiger partial charge in [-0.1, -0.05) is 0 Å². The second-order valence-corrected chi connectivity index (χ2v) is 1.93. The Kier molecular flexibility index (Phi) is 5.28. The summed E-state index contributed by atoms with van der Waals surface area (Å²) in [4.78, 5) is 10.4. The van der Waals surface area contributed by atoms with Crippen LogP contribution in [0.5, 0.6) is 0 Å². The summed E-state index contributed by atoms with van der Waals surface area (Å²) in [7, 11) is 0. The second-order valence-electron chi connectivity index (χ2n) is 1.39. The van der Waals surface area contributed by atoms with Gasteiger partial charge in [-0.15, -0.1) is 0 Å². The Hall–Kier alpha value is 0.996. The normalized spacial score (nSPS) is 16.6. The van der Waals surface area contributed by atoms with Crippen LogP contribution in [-0.2, 0) is 8.98 Å². The van der Waals surface area contributed by atoms with Crippen LogP contribution in [0.25, 0.3) is 0 Å². The maximum atomic E-state index is 10.4. The summed E-state index contributed by atoms with van der Waals surface area (Å²) in [6.45, 7) is 1.73. The van der Waals surface area contributed by atoms with E-state index in [-0.39, 0.29) is 57.3 Å². The molecule has 1 rings (SSSR count). The van der Waals surface area contributed by atoms with E-state index in [0.717, 1.165) is 12.2 Å². The average Bonchev–Trinajstić information content (AvgIpc) is 1.64. The fourth-order valence-corrected chi connectivity index (χ4v) is 0.728. The van der Waals surface area contributed by atoms with Crippen LogP contribution in [-0.4, -0.2) is 57.3 Å². The van der Waals surface area contributed by atoms with Crippen molar-refractivity contribution in [3.63, 3.8) is 0 Å². The first-order valence-electron chi connectivity index (χ1n) is 2.11. The molecular formula is C4H6KNO2S. The minimum absolute atomic E-state index is 0. The van der Waals surface area contributed by atoms with E-state index in [1.807, 2.05) is 0 Å². The maximum absolute atomic E-state index is 10.4. The Balaban J connectivity index is 0.000000640. The van der Waals surface area contributed by atoms with Crippen molar-refractivity contribution >= 4 is 69.5 Å². The summed E-state index contributed by atoms with van der Waals surface area (Å²) in [6.07, 6.45) is 1.40. The standard InChI is InChI=1S/C4H5NO2S.K.H/c1-3-2-4(6)5-8-7-3;;/h2H,1H3,(H,5,6);;. The number of amides is 1. The van der Waals surface area contributed by atoms with Crippen LogP contribution in [0.4, 0.5) is 0 Å². The molecular weight excluding hydrogens is 165 g/mol. The SMILES string of the molecule is CC1=CC(=O)NSO1.[KH]. The Morgan fingerprint density at radius 1 is 1.78 bits per heavy atom. The van der Waals surface area contributed by atoms with Gasteiger partial charge in [0.2, 0.25) is 0 Å². The molecule has 46 valence electrons. The van der Waals surface area contributed by atoms with Gasteiger partial charge in [0.25, 0.3) is 5.91 Å². The summed E-state index contributed by atoms with van der Waals surface area (Å²) < 4.78 is 7.19. The first-order valence-corrected chi connectivity index (χ1v) is 2.85. The zero-order chi connectivity index (χ0) is 5.98. The van der Waals surface area contributed by atoms with E-state index in [1.165, 1.54) is 6.08 Å². The first kappa shape index (κ1) is 10.00. The van der Waals surface area contributed by atoms with Crippen LogP contribution in [0.1, 0.15) is 6.92 Å². The summed E-state index contributed by atoms with van der Waals surface area (Å²) >= 11 is 0.943. The summed E-state index contributed by atoms with van der Waals surface area (Å²) in [6, 6.07) is 0. The Morgan fingerprint density at radius 2 is 2.44 bits per heavy atom. The second kappa shape index (κ2) is 4.76. The van der Waals surface area contributed by atoms with E-state index in [1.54, 1.807) is 6.92 Å². The third-order valence-corrected chi connectivity index (χ3v) is 1.28. The monoisotopic (exact) mass is 171 g/mol. The van der Waals surface area contributed by atoms with E-state index in [2.05, 4.69) is 4.72 Å². The zero-order valence-electron chi connectivity index (χ0n) is 4.30. The van der Waals surface area contributed by atoms with Crippen molar-refractivity contribution in [3.05, 3.63) is 11.8 Å². The molecule has 1 heterocycles. The molecule has 9 heavy (non-hydrogen) atoms. The van der Waals surface area contributed by atoms with Gasteiger partial charge in [0.15, 0.2) is 12.2 Å². The predicted molar refractivity (Wildman–Crippen MR) is 37.7 cm³/mol. The molecule has 0 aromatic rings. The van der Waals surface area contributed by atoms with Gasteiger partial charge in [-0.3, -0.25) is 9.52 Å². The van der Waals surface area contributed by atoms with Gasteiger partial charge in [-0.05, 0) is 6.92 Å². The predicted octanol–water partition coefficient (Wildman–Crippen LogP) is -0.0487. The van der Waals surface area contributed by atoms with E-state index >= 15 is 0 Å². The fourth-order valence-electron chi connectivity index (χ4n) is 0.366. The van der Waals surface area contributed by atoms with E-state index in [4.69, 9.17) is 4.18 Å². The molecule has 0 aromatic carbocycles. The number of nitrogens with one attached hydrogen (secondary N) is 1. The molecule has 0 aromatic heterocycles. The van der Waals surface area contributed by atoms with Crippen molar-refractivity contribution in [1.29, 1.82) is 0 Å². The van der Waals surface area contributed by atoms with Gasteiger partial charge in [0, 0.05) is 6.08 Å². The van der Waals surface area contributed by atoms with E-state index in [0.29, 0.717) is 5.76 Å². The molecule has 5 heteroatoms. The van der Waals surface area contributed by atoms with E-state index in [9.17, 15) is 4.79 Å². The number of hydrogen-bond acceptors (Lipinski definition) is 3. The van der Waals surface area contributed by atoms with Crippen LogP contribution in [0.2, 0.25) is 0 Å². The molecule has 1 aliphatic heterocycles. The Labute approximate surface area is 100 Å². The molecule has 0 unspecified atom stereocenters. The van der Waals surface area contributed by atoms with Gasteiger partial charge in [-0.25, -0.2) is 0 Å². The van der Waals surface area contributed by atoms with Gasteiger partial charge < -0.3 is 4.18 Å². The quantitative estimate of drug-likeness (QED) is 0.315. The number of carbonyl (C=O) groups is 1. The van der Waals surface area contributed by atoms with Crippen molar-refractivity contribution < 1.29 is 8.98 Å². The van der Waals surface area contributed by atoms with Crippen LogP contribution < -0.4 is 4.72 Å². The van der Waals surface area contributed by atoms with Gasteiger partial charge in [0.1, 0.15) is 5.76 Å². The molecule has 1 aliphatic rings. The number of rotatable bonds is 0. The molecule has 0 spiro atoms. The molecule has 0 bridgehead atoms. The van der Waals surface area contributed by atoms with Crippen molar-refractivity contribution in [3.8, 4) is 0 Å². The van der Waals surface area contributed by atoms with Crippen molar-refractivity contribution in [2.75, 3.05) is 0 Å². The molecule has 0 atom stereocenters. The molecule has 0 fully saturated rings. The third kappa shape index (κ3) is 3.64. The molecule has 1 N–H and O–H groups in total. The molecule has 1 amide bonds. The topological polar surface area (TPSA) is 38.3 Å². The van der Waals surface area contributed by atoms with E-state index < -0.39 is 0 Å². The Bertz CT molecular complexity index is 148. The van der Waals surface area contributed by atoms with Crippen LogP contribution >= 0.6 is 12.2 Å². The first-order chi connectivity index (χ1) is 3.79. The summed E-state index contributed by atoms with van der Waals surface area (Å²) in [5.74, 6) is 0.525. The number of allylic oxidation sites excluding steroid dienone is 1. The molecule has 3 nitrogen and oxygen atoms in total. The van der Waals surface area contributed by atoms with Crippen molar-refractivity contribution in [2.45, 2.75) is 6.92 Å². The average molecular weight is 171 g/mol. The summed E-state index contributed by atoms with van der Waals surface area (Å²) in [5, 5.41) is 0. The summed E-state index contributed by atoms with van der Waals surface area (Å²) in [5.41, 5.74) is 0. The Morgan fingerprint density at radius 3 is 2.78 bits per heavy atom. The molecule has 0 aliphatic carbocycles. The number of carbonyl (C=O) groups excluding carboxylic acids is 1. The third-order valence-electron chi connectivity index (χ3n) is 0.650. The van der Waals surface area contributed by atoms with Crippen LogP contribution in [0.3, 0.4) is 0 Å². The molecule has 0 saturated heterocycles. The van der Waals surface area contributed by atoms with Crippen molar-refractivity contribution in [1.82, 2.24) is 4.72 Å². The van der Waals surface area contributed by atoms with Gasteiger partial charge in [0.05, 0.1) is 0 Å². The van der Waals surface area contributed by atoms with Gasteiger partial charge in [-0.2, -0.15) is 0 Å². The molecule has 0 saturated carbocycles. The number of hydrogen-bond donors (Lipinski definition) is 1. The minimum atomic E-state index is -0.112. The zero-order valence-corrected chi connectivity index (χ0v) is 5.12. The molecule has 0 radical (unpaired) electrons. The van der Waals surface area contributed by atoms with Gasteiger partial charge >= 0.3 is 51.4 Å². The fraction of sp³-hybridized carbons (Fsp3) is 0.250.